The summed E-state index contributed by atoms with van der Waals surface area (Å²) in [5.41, 5.74) is 3.12. The summed E-state index contributed by atoms with van der Waals surface area (Å²) in [5.74, 6) is 1.86. The Hall–Kier alpha value is -2.60. The Morgan fingerprint density at radius 1 is 1.09 bits per heavy atom. The first-order valence-electron chi connectivity index (χ1n) is 7.79. The molecule has 1 aliphatic rings. The lowest BCUT2D eigenvalue weighted by molar-refractivity contribution is 0.415. The van der Waals surface area contributed by atoms with Crippen molar-refractivity contribution >= 4 is 16.9 Å². The third-order valence-electron chi connectivity index (χ3n) is 4.27. The van der Waals surface area contributed by atoms with Gasteiger partial charge in [-0.1, -0.05) is 12.1 Å². The number of rotatable bonds is 3. The number of ether oxygens (including phenoxy) is 1. The summed E-state index contributed by atoms with van der Waals surface area (Å²) >= 11 is 0. The molecule has 0 aliphatic carbocycles. The first-order chi connectivity index (χ1) is 11.4. The maximum absolute atomic E-state index is 5.25. The molecule has 2 N–H and O–H groups in total. The van der Waals surface area contributed by atoms with Crippen LogP contribution >= 0.6 is 0 Å². The first-order valence-corrected chi connectivity index (χ1v) is 7.79. The molecule has 0 saturated carbocycles. The number of hydrogen-bond acceptors (Lipinski definition) is 5. The normalized spacial score (nSPS) is 15.1. The Labute approximate surface area is 134 Å². The number of aromatic nitrogens is 3. The van der Waals surface area contributed by atoms with Gasteiger partial charge < -0.3 is 19.9 Å². The molecule has 0 amide bonds. The van der Waals surface area contributed by atoms with Crippen LogP contribution in [0.1, 0.15) is 0 Å². The molecule has 23 heavy (non-hydrogen) atoms. The molecule has 4 rings (SSSR count). The summed E-state index contributed by atoms with van der Waals surface area (Å²) in [4.78, 5) is 14.5. The molecule has 6 heteroatoms. The molecule has 1 fully saturated rings. The summed E-state index contributed by atoms with van der Waals surface area (Å²) < 4.78 is 5.25. The molecule has 0 radical (unpaired) electrons. The molecule has 0 unspecified atom stereocenters. The van der Waals surface area contributed by atoms with Gasteiger partial charge in [0.1, 0.15) is 23.5 Å². The zero-order chi connectivity index (χ0) is 15.6. The van der Waals surface area contributed by atoms with Gasteiger partial charge in [0.05, 0.1) is 12.5 Å². The zero-order valence-electron chi connectivity index (χ0n) is 13.0. The van der Waals surface area contributed by atoms with E-state index < -0.39 is 0 Å². The molecular formula is C17H19N5O. The van der Waals surface area contributed by atoms with Crippen LogP contribution in [0.25, 0.3) is 22.2 Å². The van der Waals surface area contributed by atoms with Crippen molar-refractivity contribution in [3.05, 3.63) is 36.8 Å². The minimum atomic E-state index is 0.854. The topological polar surface area (TPSA) is 66.1 Å². The average Bonchev–Trinajstić information content (AvgIpc) is 3.07. The Balaban J connectivity index is 1.83. The van der Waals surface area contributed by atoms with E-state index in [1.54, 1.807) is 13.4 Å². The molecule has 0 atom stereocenters. The SMILES string of the molecule is COc1ccc(-c2c[nH]c3ncnc(N4CCNCC4)c23)cc1. The van der Waals surface area contributed by atoms with E-state index in [4.69, 9.17) is 4.74 Å². The average molecular weight is 309 g/mol. The molecule has 3 aromatic rings. The highest BCUT2D eigenvalue weighted by atomic mass is 16.5. The zero-order valence-corrected chi connectivity index (χ0v) is 13.0. The van der Waals surface area contributed by atoms with Crippen LogP contribution < -0.4 is 15.0 Å². The van der Waals surface area contributed by atoms with E-state index in [0.29, 0.717) is 0 Å². The van der Waals surface area contributed by atoms with Crippen molar-refractivity contribution < 1.29 is 4.74 Å². The maximum Gasteiger partial charge on any atom is 0.143 e. The summed E-state index contributed by atoms with van der Waals surface area (Å²) in [6.45, 7) is 3.88. The number of H-pyrrole nitrogens is 1. The van der Waals surface area contributed by atoms with Gasteiger partial charge in [-0.15, -0.1) is 0 Å². The number of benzene rings is 1. The minimum Gasteiger partial charge on any atom is -0.497 e. The first kappa shape index (κ1) is 14.0. The van der Waals surface area contributed by atoms with Crippen LogP contribution in [0.4, 0.5) is 5.82 Å². The van der Waals surface area contributed by atoms with Crippen LogP contribution in [0.3, 0.4) is 0 Å². The van der Waals surface area contributed by atoms with Crippen molar-refractivity contribution in [2.75, 3.05) is 38.2 Å². The lowest BCUT2D eigenvalue weighted by Gasteiger charge is -2.28. The number of nitrogens with one attached hydrogen (secondary N) is 2. The third-order valence-corrected chi connectivity index (χ3v) is 4.27. The number of aromatic amines is 1. The van der Waals surface area contributed by atoms with E-state index in [0.717, 1.165) is 59.9 Å². The predicted octanol–water partition coefficient (Wildman–Crippen LogP) is 2.04. The molecule has 118 valence electrons. The summed E-state index contributed by atoms with van der Waals surface area (Å²) in [7, 11) is 1.68. The molecule has 6 nitrogen and oxygen atoms in total. The second kappa shape index (κ2) is 5.89. The van der Waals surface area contributed by atoms with Gasteiger partial charge in [0.15, 0.2) is 0 Å². The molecule has 1 aromatic carbocycles. The van der Waals surface area contributed by atoms with Crippen molar-refractivity contribution in [1.82, 2.24) is 20.3 Å². The van der Waals surface area contributed by atoms with Crippen molar-refractivity contribution in [2.45, 2.75) is 0 Å². The number of methoxy groups -OCH3 is 1. The largest absolute Gasteiger partial charge is 0.497 e. The molecule has 0 spiro atoms. The van der Waals surface area contributed by atoms with Crippen molar-refractivity contribution in [3.63, 3.8) is 0 Å². The highest BCUT2D eigenvalue weighted by molar-refractivity contribution is 6.01. The molecule has 2 aromatic heterocycles. The lowest BCUT2D eigenvalue weighted by Crippen LogP contribution is -2.44. The highest BCUT2D eigenvalue weighted by Crippen LogP contribution is 2.34. The van der Waals surface area contributed by atoms with E-state index in [9.17, 15) is 0 Å². The van der Waals surface area contributed by atoms with Gasteiger partial charge >= 0.3 is 0 Å². The molecule has 3 heterocycles. The van der Waals surface area contributed by atoms with E-state index >= 15 is 0 Å². The quantitative estimate of drug-likeness (QED) is 0.775. The summed E-state index contributed by atoms with van der Waals surface area (Å²) in [6.07, 6.45) is 3.64. The Morgan fingerprint density at radius 2 is 1.87 bits per heavy atom. The number of nitrogens with zero attached hydrogens (tertiary/aromatic N) is 3. The van der Waals surface area contributed by atoms with Crippen LogP contribution in [0.15, 0.2) is 36.8 Å². The molecule has 1 saturated heterocycles. The Bertz CT molecular complexity index is 805. The number of fused-ring (bicyclic) bond motifs is 1. The summed E-state index contributed by atoms with van der Waals surface area (Å²) in [6, 6.07) is 8.08. The van der Waals surface area contributed by atoms with Crippen molar-refractivity contribution in [1.29, 1.82) is 0 Å². The number of piperazine rings is 1. The summed E-state index contributed by atoms with van der Waals surface area (Å²) in [5, 5.41) is 4.46. The Morgan fingerprint density at radius 3 is 2.61 bits per heavy atom. The molecular weight excluding hydrogens is 290 g/mol. The van der Waals surface area contributed by atoms with Gasteiger partial charge in [0.25, 0.3) is 0 Å². The standard InChI is InChI=1S/C17H19N5O/c1-23-13-4-2-12(3-5-13)14-10-19-16-15(14)17(21-11-20-16)22-8-6-18-7-9-22/h2-5,10-11,18H,6-9H2,1H3,(H,19,20,21). The van der Waals surface area contributed by atoms with Gasteiger partial charge in [-0.25, -0.2) is 9.97 Å². The van der Waals surface area contributed by atoms with E-state index in [1.807, 2.05) is 18.3 Å². The van der Waals surface area contributed by atoms with Gasteiger partial charge in [-0.2, -0.15) is 0 Å². The minimum absolute atomic E-state index is 0.854. The highest BCUT2D eigenvalue weighted by Gasteiger charge is 2.19. The second-order valence-electron chi connectivity index (χ2n) is 5.59. The van der Waals surface area contributed by atoms with Gasteiger partial charge in [0.2, 0.25) is 0 Å². The number of hydrogen-bond donors (Lipinski definition) is 2. The fourth-order valence-corrected chi connectivity index (χ4v) is 3.06. The van der Waals surface area contributed by atoms with E-state index in [2.05, 4.69) is 37.3 Å². The van der Waals surface area contributed by atoms with Crippen LogP contribution in [0.2, 0.25) is 0 Å². The fraction of sp³-hybridized carbons (Fsp3) is 0.294. The monoisotopic (exact) mass is 309 g/mol. The molecule has 1 aliphatic heterocycles. The number of anilines is 1. The van der Waals surface area contributed by atoms with E-state index in [1.165, 1.54) is 0 Å². The van der Waals surface area contributed by atoms with Crippen LogP contribution in [0.5, 0.6) is 5.75 Å². The fourth-order valence-electron chi connectivity index (χ4n) is 3.06. The second-order valence-corrected chi connectivity index (χ2v) is 5.59. The van der Waals surface area contributed by atoms with Crippen molar-refractivity contribution in [3.8, 4) is 16.9 Å². The molecule has 0 bridgehead atoms. The van der Waals surface area contributed by atoms with Crippen LogP contribution in [0, 0.1) is 0 Å². The maximum atomic E-state index is 5.25. The third kappa shape index (κ3) is 2.51. The van der Waals surface area contributed by atoms with Gasteiger partial charge in [-0.05, 0) is 17.7 Å². The smallest absolute Gasteiger partial charge is 0.143 e. The predicted molar refractivity (Wildman–Crippen MR) is 91.0 cm³/mol. The van der Waals surface area contributed by atoms with Gasteiger partial charge in [0, 0.05) is 37.9 Å². The van der Waals surface area contributed by atoms with E-state index in [-0.39, 0.29) is 0 Å². The van der Waals surface area contributed by atoms with Crippen LogP contribution in [-0.2, 0) is 0 Å². The van der Waals surface area contributed by atoms with Crippen molar-refractivity contribution in [2.24, 2.45) is 0 Å². The van der Waals surface area contributed by atoms with Gasteiger partial charge in [-0.3, -0.25) is 0 Å². The van der Waals surface area contributed by atoms with Crippen LogP contribution in [-0.4, -0.2) is 48.2 Å². The Kier molecular flexibility index (Phi) is 3.59. The lowest BCUT2D eigenvalue weighted by atomic mass is 10.1.